The van der Waals surface area contributed by atoms with Crippen molar-refractivity contribution in [3.63, 3.8) is 0 Å². The van der Waals surface area contributed by atoms with E-state index in [1.807, 2.05) is 25.1 Å². The summed E-state index contributed by atoms with van der Waals surface area (Å²) in [6, 6.07) is 7.07. The Morgan fingerprint density at radius 2 is 2.04 bits per heavy atom. The maximum atomic E-state index is 11.7. The first kappa shape index (κ1) is 16.4. The van der Waals surface area contributed by atoms with Gasteiger partial charge in [-0.15, -0.1) is 15.0 Å². The Morgan fingerprint density at radius 3 is 2.62 bits per heavy atom. The lowest BCUT2D eigenvalue weighted by Gasteiger charge is -2.22. The summed E-state index contributed by atoms with van der Waals surface area (Å²) in [6.45, 7) is 1.88. The van der Waals surface area contributed by atoms with Crippen LogP contribution in [0.3, 0.4) is 0 Å². The third-order valence-electron chi connectivity index (χ3n) is 4.22. The summed E-state index contributed by atoms with van der Waals surface area (Å²) in [4.78, 5) is 14.4. The topological polar surface area (TPSA) is 105 Å². The van der Waals surface area contributed by atoms with Crippen LogP contribution < -0.4 is 4.90 Å². The van der Waals surface area contributed by atoms with E-state index >= 15 is 0 Å². The second-order valence-corrected chi connectivity index (χ2v) is 8.15. The molecule has 2 aromatic rings. The van der Waals surface area contributed by atoms with Crippen molar-refractivity contribution in [2.45, 2.75) is 19.4 Å². The number of rotatable bonds is 4. The molecule has 1 fully saturated rings. The second kappa shape index (κ2) is 5.90. The average molecular weight is 350 g/mol. The largest absolute Gasteiger partial charge is 0.476 e. The summed E-state index contributed by atoms with van der Waals surface area (Å²) >= 11 is 0. The molecule has 1 aromatic heterocycles. The van der Waals surface area contributed by atoms with E-state index in [1.54, 1.807) is 18.0 Å². The molecule has 0 spiro atoms. The Kier molecular flexibility index (Phi) is 4.04. The van der Waals surface area contributed by atoms with E-state index in [2.05, 4.69) is 10.2 Å². The number of para-hydroxylation sites is 1. The van der Waals surface area contributed by atoms with Crippen molar-refractivity contribution in [2.24, 2.45) is 0 Å². The van der Waals surface area contributed by atoms with Gasteiger partial charge in [-0.3, -0.25) is 0 Å². The van der Waals surface area contributed by atoms with Crippen LogP contribution >= 0.6 is 0 Å². The fourth-order valence-corrected chi connectivity index (χ4v) is 4.60. The van der Waals surface area contributed by atoms with Crippen LogP contribution in [0.4, 0.5) is 5.82 Å². The number of anilines is 1. The van der Waals surface area contributed by atoms with Crippen LogP contribution in [0.5, 0.6) is 0 Å². The number of aromatic carboxylic acids is 1. The molecule has 1 aromatic carbocycles. The lowest BCUT2D eigenvalue weighted by Crippen LogP contribution is -2.34. The fraction of sp³-hybridized carbons (Fsp3) is 0.400. The maximum Gasteiger partial charge on any atom is 0.360 e. The van der Waals surface area contributed by atoms with Crippen LogP contribution in [0.25, 0.3) is 5.69 Å². The Hall–Kier alpha value is -2.42. The molecule has 0 bridgehead atoms. The molecule has 8 nitrogen and oxygen atoms in total. The first-order valence-electron chi connectivity index (χ1n) is 7.48. The van der Waals surface area contributed by atoms with Crippen LogP contribution in [0.1, 0.15) is 22.5 Å². The molecular formula is C15H18N4O4S. The van der Waals surface area contributed by atoms with E-state index in [1.165, 1.54) is 4.80 Å². The molecule has 1 aliphatic heterocycles. The monoisotopic (exact) mass is 350 g/mol. The number of carboxylic acid groups (broad SMARTS) is 1. The highest BCUT2D eigenvalue weighted by molar-refractivity contribution is 7.91. The predicted octanol–water partition coefficient (Wildman–Crippen LogP) is 0.897. The smallest absolute Gasteiger partial charge is 0.360 e. The predicted molar refractivity (Wildman–Crippen MR) is 88.5 cm³/mol. The van der Waals surface area contributed by atoms with Gasteiger partial charge >= 0.3 is 5.97 Å². The Labute approximate surface area is 139 Å². The number of hydrogen-bond donors (Lipinski definition) is 1. The fourth-order valence-electron chi connectivity index (χ4n) is 2.82. The van der Waals surface area contributed by atoms with E-state index in [-0.39, 0.29) is 29.1 Å². The zero-order valence-corrected chi connectivity index (χ0v) is 14.2. The Balaban J connectivity index is 2.01. The lowest BCUT2D eigenvalue weighted by molar-refractivity contribution is 0.0690. The molecule has 128 valence electrons. The molecule has 1 N–H and O–H groups in total. The highest BCUT2D eigenvalue weighted by atomic mass is 32.2. The van der Waals surface area contributed by atoms with Crippen molar-refractivity contribution in [2.75, 3.05) is 23.5 Å². The number of aromatic nitrogens is 3. The van der Waals surface area contributed by atoms with Gasteiger partial charge in [0.1, 0.15) is 0 Å². The molecule has 0 aliphatic carbocycles. The van der Waals surface area contributed by atoms with Crippen LogP contribution in [-0.2, 0) is 9.84 Å². The van der Waals surface area contributed by atoms with E-state index in [4.69, 9.17) is 0 Å². The van der Waals surface area contributed by atoms with Gasteiger partial charge in [0, 0.05) is 13.1 Å². The number of nitrogens with zero attached hydrogens (tertiary/aromatic N) is 4. The van der Waals surface area contributed by atoms with E-state index in [9.17, 15) is 18.3 Å². The highest BCUT2D eigenvalue weighted by Gasteiger charge is 2.34. The number of aryl methyl sites for hydroxylation is 1. The highest BCUT2D eigenvalue weighted by Crippen LogP contribution is 2.25. The minimum Gasteiger partial charge on any atom is -0.476 e. The number of carbonyl (C=O) groups is 1. The first-order valence-corrected chi connectivity index (χ1v) is 9.30. The summed E-state index contributed by atoms with van der Waals surface area (Å²) in [6.07, 6.45) is 0.453. The normalized spacial score (nSPS) is 19.3. The van der Waals surface area contributed by atoms with Crippen LogP contribution in [0, 0.1) is 6.92 Å². The van der Waals surface area contributed by atoms with Crippen molar-refractivity contribution in [1.29, 1.82) is 0 Å². The molecule has 1 atom stereocenters. The van der Waals surface area contributed by atoms with Crippen molar-refractivity contribution < 1.29 is 18.3 Å². The molecule has 9 heteroatoms. The van der Waals surface area contributed by atoms with Crippen molar-refractivity contribution >= 4 is 21.6 Å². The van der Waals surface area contributed by atoms with Crippen LogP contribution in [0.2, 0.25) is 0 Å². The van der Waals surface area contributed by atoms with Gasteiger partial charge < -0.3 is 10.0 Å². The zero-order valence-electron chi connectivity index (χ0n) is 13.4. The van der Waals surface area contributed by atoms with Crippen LogP contribution in [0.15, 0.2) is 24.3 Å². The zero-order chi connectivity index (χ0) is 17.5. The third kappa shape index (κ3) is 2.99. The molecule has 1 aliphatic rings. The van der Waals surface area contributed by atoms with Gasteiger partial charge in [-0.1, -0.05) is 18.2 Å². The van der Waals surface area contributed by atoms with Crippen molar-refractivity contribution in [1.82, 2.24) is 15.0 Å². The van der Waals surface area contributed by atoms with Gasteiger partial charge in [0.15, 0.2) is 15.7 Å². The molecule has 1 saturated heterocycles. The molecular weight excluding hydrogens is 332 g/mol. The van der Waals surface area contributed by atoms with Crippen LogP contribution in [-0.4, -0.2) is 59.1 Å². The van der Waals surface area contributed by atoms with E-state index < -0.39 is 15.8 Å². The summed E-state index contributed by atoms with van der Waals surface area (Å²) in [5, 5.41) is 17.8. The number of hydrogen-bond acceptors (Lipinski definition) is 6. The summed E-state index contributed by atoms with van der Waals surface area (Å²) in [5.41, 5.74) is 1.39. The first-order chi connectivity index (χ1) is 11.3. The van der Waals surface area contributed by atoms with Crippen molar-refractivity contribution in [3.8, 4) is 5.69 Å². The van der Waals surface area contributed by atoms with Gasteiger partial charge in [-0.05, 0) is 25.0 Å². The SMILES string of the molecule is Cc1ccccc1-n1nc(C(=O)O)c(N(C)C2CCS(=O)(=O)C2)n1. The summed E-state index contributed by atoms with van der Waals surface area (Å²) < 4.78 is 23.4. The average Bonchev–Trinajstić information content (AvgIpc) is 3.10. The van der Waals surface area contributed by atoms with Gasteiger partial charge in [-0.2, -0.15) is 0 Å². The van der Waals surface area contributed by atoms with E-state index in [0.29, 0.717) is 12.1 Å². The minimum absolute atomic E-state index is 0.000214. The molecule has 0 amide bonds. The molecule has 1 unspecified atom stereocenters. The van der Waals surface area contributed by atoms with Crippen molar-refractivity contribution in [3.05, 3.63) is 35.5 Å². The molecule has 0 saturated carbocycles. The second-order valence-electron chi connectivity index (χ2n) is 5.92. The third-order valence-corrected chi connectivity index (χ3v) is 5.97. The Bertz CT molecular complexity index is 891. The number of carboxylic acids is 1. The lowest BCUT2D eigenvalue weighted by atomic mass is 10.2. The van der Waals surface area contributed by atoms with Gasteiger partial charge in [0.2, 0.25) is 5.69 Å². The van der Waals surface area contributed by atoms with Gasteiger partial charge in [-0.25, -0.2) is 13.2 Å². The number of sulfone groups is 1. The van der Waals surface area contributed by atoms with Gasteiger partial charge in [0.25, 0.3) is 0 Å². The molecule has 24 heavy (non-hydrogen) atoms. The Morgan fingerprint density at radius 1 is 1.33 bits per heavy atom. The summed E-state index contributed by atoms with van der Waals surface area (Å²) in [5.74, 6) is -0.916. The van der Waals surface area contributed by atoms with Gasteiger partial charge in [0.05, 0.1) is 17.2 Å². The molecule has 2 heterocycles. The standard InChI is InChI=1S/C15H18N4O4S/c1-10-5-3-4-6-12(10)19-16-13(15(20)21)14(17-19)18(2)11-7-8-24(22,23)9-11/h3-6,11H,7-9H2,1-2H3,(H,20,21). The molecule has 3 rings (SSSR count). The maximum absolute atomic E-state index is 11.7. The minimum atomic E-state index is -3.08. The van der Waals surface area contributed by atoms with E-state index in [0.717, 1.165) is 5.56 Å². The number of benzene rings is 1. The molecule has 0 radical (unpaired) electrons. The summed E-state index contributed by atoms with van der Waals surface area (Å²) in [7, 11) is -1.42. The quantitative estimate of drug-likeness (QED) is 0.873.